The van der Waals surface area contributed by atoms with Crippen LogP contribution in [0.3, 0.4) is 0 Å². The van der Waals surface area contributed by atoms with Crippen LogP contribution < -0.4 is 21.3 Å². The molecule has 0 aliphatic heterocycles. The second-order valence-electron chi connectivity index (χ2n) is 6.94. The van der Waals surface area contributed by atoms with Crippen molar-refractivity contribution >= 4 is 33.1 Å². The monoisotopic (exact) mass is 435 g/mol. The zero-order chi connectivity index (χ0) is 21.8. The maximum atomic E-state index is 13.2. The van der Waals surface area contributed by atoms with Crippen LogP contribution in [0.2, 0.25) is 0 Å². The van der Waals surface area contributed by atoms with E-state index in [4.69, 9.17) is 4.74 Å². The molecule has 0 fully saturated rings. The molecular weight excluding hydrogens is 414 g/mol. The molecule has 0 aliphatic rings. The quantitative estimate of drug-likeness (QED) is 0.484. The van der Waals surface area contributed by atoms with E-state index >= 15 is 0 Å². The molecule has 8 heteroatoms. The lowest BCUT2D eigenvalue weighted by Crippen LogP contribution is -2.41. The molecule has 0 saturated carbocycles. The molecule has 0 radical (unpaired) electrons. The zero-order valence-electron chi connectivity index (χ0n) is 16.9. The number of aromatic nitrogens is 2. The van der Waals surface area contributed by atoms with Gasteiger partial charge in [-0.05, 0) is 35.6 Å². The Morgan fingerprint density at radius 2 is 1.74 bits per heavy atom. The first kappa shape index (κ1) is 20.6. The van der Waals surface area contributed by atoms with Crippen molar-refractivity contribution in [3.05, 3.63) is 92.4 Å². The van der Waals surface area contributed by atoms with Crippen LogP contribution in [0.5, 0.6) is 5.75 Å². The fourth-order valence-corrected chi connectivity index (χ4v) is 4.29. The molecule has 31 heavy (non-hydrogen) atoms. The summed E-state index contributed by atoms with van der Waals surface area (Å²) in [4.78, 5) is 38.8. The highest BCUT2D eigenvalue weighted by molar-refractivity contribution is 7.17. The number of ether oxygens (including phenoxy) is 1. The Hall–Kier alpha value is -3.65. The van der Waals surface area contributed by atoms with E-state index in [2.05, 4.69) is 5.32 Å². The number of nitrogens with one attached hydrogen (secondary N) is 1. The summed E-state index contributed by atoms with van der Waals surface area (Å²) in [6.45, 7) is 0.0272. The summed E-state index contributed by atoms with van der Waals surface area (Å²) < 4.78 is 8.28. The van der Waals surface area contributed by atoms with Crippen LogP contribution in [-0.4, -0.2) is 22.2 Å². The number of aryl methyl sites for hydroxylation is 1. The molecule has 4 aromatic rings. The van der Waals surface area contributed by atoms with Crippen LogP contribution in [-0.2, 0) is 24.3 Å². The number of thiophene rings is 1. The van der Waals surface area contributed by atoms with Crippen molar-refractivity contribution in [3.8, 4) is 5.75 Å². The predicted molar refractivity (Wildman–Crippen MR) is 122 cm³/mol. The molecule has 2 heterocycles. The van der Waals surface area contributed by atoms with Crippen molar-refractivity contribution in [3.63, 3.8) is 0 Å². The minimum atomic E-state index is -0.498. The second-order valence-corrected chi connectivity index (χ2v) is 7.86. The van der Waals surface area contributed by atoms with Gasteiger partial charge in [-0.3, -0.25) is 18.7 Å². The largest absolute Gasteiger partial charge is 0.495 e. The fourth-order valence-electron chi connectivity index (χ4n) is 3.45. The van der Waals surface area contributed by atoms with Gasteiger partial charge in [0.25, 0.3) is 5.56 Å². The zero-order valence-corrected chi connectivity index (χ0v) is 17.7. The minimum Gasteiger partial charge on any atom is -0.495 e. The van der Waals surface area contributed by atoms with Crippen LogP contribution in [0.15, 0.2) is 75.6 Å². The molecule has 0 saturated heterocycles. The van der Waals surface area contributed by atoms with Gasteiger partial charge in [0.1, 0.15) is 17.0 Å². The van der Waals surface area contributed by atoms with Gasteiger partial charge in [0, 0.05) is 6.54 Å². The number of para-hydroxylation sites is 2. The summed E-state index contributed by atoms with van der Waals surface area (Å²) in [5, 5.41) is 4.53. The smallest absolute Gasteiger partial charge is 0.332 e. The van der Waals surface area contributed by atoms with Crippen molar-refractivity contribution in [1.82, 2.24) is 9.13 Å². The highest BCUT2D eigenvalue weighted by Gasteiger charge is 2.17. The number of anilines is 1. The topological polar surface area (TPSA) is 82.3 Å². The Kier molecular flexibility index (Phi) is 5.99. The van der Waals surface area contributed by atoms with E-state index in [9.17, 15) is 14.4 Å². The molecular formula is C23H21N3O4S. The molecule has 4 rings (SSSR count). The lowest BCUT2D eigenvalue weighted by molar-refractivity contribution is -0.116. The summed E-state index contributed by atoms with van der Waals surface area (Å²) >= 11 is 1.27. The maximum Gasteiger partial charge on any atom is 0.332 e. The number of rotatable bonds is 7. The van der Waals surface area contributed by atoms with Gasteiger partial charge in [-0.25, -0.2) is 4.79 Å². The molecule has 2 aromatic heterocycles. The average Bonchev–Trinajstić information content (AvgIpc) is 3.28. The van der Waals surface area contributed by atoms with Gasteiger partial charge in [-0.15, -0.1) is 11.3 Å². The number of nitrogens with zero attached hydrogens (tertiary/aromatic N) is 2. The third-order valence-corrected chi connectivity index (χ3v) is 5.88. The van der Waals surface area contributed by atoms with Gasteiger partial charge in [0.05, 0.1) is 18.3 Å². The molecule has 158 valence electrons. The minimum absolute atomic E-state index is 0.213. The number of hydrogen-bond donors (Lipinski definition) is 1. The number of carbonyl (C=O) groups is 1. The second kappa shape index (κ2) is 9.01. The van der Waals surface area contributed by atoms with Crippen LogP contribution >= 0.6 is 11.3 Å². The normalized spacial score (nSPS) is 10.9. The molecule has 0 aliphatic carbocycles. The van der Waals surface area contributed by atoms with E-state index in [0.29, 0.717) is 28.1 Å². The number of fused-ring (bicyclic) bond motifs is 1. The lowest BCUT2D eigenvalue weighted by Gasteiger charge is -2.13. The molecule has 7 nitrogen and oxygen atoms in total. The van der Waals surface area contributed by atoms with E-state index in [-0.39, 0.29) is 24.6 Å². The van der Waals surface area contributed by atoms with Crippen molar-refractivity contribution in [2.75, 3.05) is 12.4 Å². The molecule has 0 bridgehead atoms. The van der Waals surface area contributed by atoms with Crippen molar-refractivity contribution in [2.45, 2.75) is 19.5 Å². The van der Waals surface area contributed by atoms with E-state index in [1.54, 1.807) is 35.7 Å². The van der Waals surface area contributed by atoms with Crippen molar-refractivity contribution < 1.29 is 9.53 Å². The summed E-state index contributed by atoms with van der Waals surface area (Å²) in [5.74, 6) is 0.143. The van der Waals surface area contributed by atoms with Crippen LogP contribution in [0.1, 0.15) is 5.56 Å². The van der Waals surface area contributed by atoms with Gasteiger partial charge in [0.2, 0.25) is 5.91 Å². The molecule has 2 aromatic carbocycles. The van der Waals surface area contributed by atoms with Crippen LogP contribution in [0.4, 0.5) is 5.69 Å². The predicted octanol–water partition coefficient (Wildman–Crippen LogP) is 3.11. The Morgan fingerprint density at radius 1 is 1.00 bits per heavy atom. The highest BCUT2D eigenvalue weighted by atomic mass is 32.1. The summed E-state index contributed by atoms with van der Waals surface area (Å²) in [6.07, 6.45) is 0.542. The summed E-state index contributed by atoms with van der Waals surface area (Å²) in [5.41, 5.74) is 1.18. The van der Waals surface area contributed by atoms with E-state index in [0.717, 1.165) is 5.56 Å². The van der Waals surface area contributed by atoms with Gasteiger partial charge in [-0.1, -0.05) is 42.5 Å². The fraction of sp³-hybridized carbons (Fsp3) is 0.174. The standard InChI is InChI=1S/C23H21N3O4S/c1-30-19-10-6-5-9-17(19)24-20(27)15-26-18-12-14-31-21(18)22(28)25(23(26)29)13-11-16-7-3-2-4-8-16/h2-10,12,14H,11,13,15H2,1H3,(H,24,27). The Morgan fingerprint density at radius 3 is 2.52 bits per heavy atom. The number of benzene rings is 2. The molecule has 0 atom stereocenters. The maximum absolute atomic E-state index is 13.2. The SMILES string of the molecule is COc1ccccc1NC(=O)Cn1c(=O)n(CCc2ccccc2)c(=O)c2sccc21. The van der Waals surface area contributed by atoms with Crippen molar-refractivity contribution in [2.24, 2.45) is 0 Å². The van der Waals surface area contributed by atoms with Crippen LogP contribution in [0, 0.1) is 0 Å². The van der Waals surface area contributed by atoms with Gasteiger partial charge in [-0.2, -0.15) is 0 Å². The van der Waals surface area contributed by atoms with E-state index < -0.39 is 5.69 Å². The lowest BCUT2D eigenvalue weighted by atomic mass is 10.1. The third kappa shape index (κ3) is 4.29. The Labute approximate surface area is 182 Å². The summed E-state index contributed by atoms with van der Waals surface area (Å²) in [6, 6.07) is 18.4. The van der Waals surface area contributed by atoms with E-state index in [1.807, 2.05) is 30.3 Å². The third-order valence-electron chi connectivity index (χ3n) is 4.99. The molecule has 1 N–H and O–H groups in total. The molecule has 0 spiro atoms. The first-order valence-corrected chi connectivity index (χ1v) is 10.6. The number of methoxy groups -OCH3 is 1. The number of carbonyl (C=O) groups excluding carboxylic acids is 1. The first-order valence-electron chi connectivity index (χ1n) is 9.76. The Bertz CT molecular complexity index is 1340. The van der Waals surface area contributed by atoms with Crippen LogP contribution in [0.25, 0.3) is 10.2 Å². The number of hydrogen-bond acceptors (Lipinski definition) is 5. The highest BCUT2D eigenvalue weighted by Crippen LogP contribution is 2.23. The summed E-state index contributed by atoms with van der Waals surface area (Å²) in [7, 11) is 1.52. The molecule has 1 amide bonds. The van der Waals surface area contributed by atoms with Gasteiger partial charge in [0.15, 0.2) is 0 Å². The van der Waals surface area contributed by atoms with Gasteiger partial charge < -0.3 is 10.1 Å². The number of amides is 1. The van der Waals surface area contributed by atoms with Crippen molar-refractivity contribution in [1.29, 1.82) is 0 Å². The van der Waals surface area contributed by atoms with E-state index in [1.165, 1.54) is 27.6 Å². The first-order chi connectivity index (χ1) is 15.1. The molecule has 0 unspecified atom stereocenters. The Balaban J connectivity index is 1.65. The average molecular weight is 436 g/mol. The van der Waals surface area contributed by atoms with Gasteiger partial charge >= 0.3 is 5.69 Å².